The van der Waals surface area contributed by atoms with E-state index in [4.69, 9.17) is 22.0 Å². The van der Waals surface area contributed by atoms with Gasteiger partial charge in [0.05, 0.1) is 24.3 Å². The number of hydrogen-bond acceptors (Lipinski definition) is 16. The Labute approximate surface area is 266 Å². The fourth-order valence-electron chi connectivity index (χ4n) is 4.40. The molecular formula is C24H27N11O7S3. The molecule has 21 heteroatoms. The largest absolute Gasteiger partial charge is 0.543 e. The van der Waals surface area contributed by atoms with Gasteiger partial charge in [-0.1, -0.05) is 14.7 Å². The summed E-state index contributed by atoms with van der Waals surface area (Å²) in [6.07, 6.45) is 0. The quantitative estimate of drug-likeness (QED) is 0.0382. The number of anilines is 3. The molecule has 238 valence electrons. The molecule has 0 bridgehead atoms. The number of nitrogens with zero attached hydrogens (tertiary/aromatic N) is 7. The molecule has 1 unspecified atom stereocenters. The SMILES string of the molecule is Cc1c(N)nc(SCC2=C(C(=O)[O-])N3C(=O)C(NC(=O)/C(=N\OC(C)(C)C(=O)O)c4csc(N)n4)[C@@H]3SC2)[n+]2nc(N)n(C)c12. The smallest absolute Gasteiger partial charge is 0.350 e. The zero-order chi connectivity index (χ0) is 33.0. The zero-order valence-corrected chi connectivity index (χ0v) is 26.6. The summed E-state index contributed by atoms with van der Waals surface area (Å²) in [5, 5.41) is 33.3. The first-order chi connectivity index (χ1) is 21.1. The number of nitrogen functional groups attached to an aromatic ring is 3. The van der Waals surface area contributed by atoms with Crippen LogP contribution in [0.1, 0.15) is 25.1 Å². The lowest BCUT2D eigenvalue weighted by atomic mass is 10.0. The lowest BCUT2D eigenvalue weighted by Gasteiger charge is -2.50. The number of amides is 2. The molecule has 3 aromatic rings. The maximum absolute atomic E-state index is 13.3. The van der Waals surface area contributed by atoms with Crippen LogP contribution in [0.4, 0.5) is 16.9 Å². The van der Waals surface area contributed by atoms with Crippen molar-refractivity contribution in [3.05, 3.63) is 27.9 Å². The maximum Gasteiger partial charge on any atom is 0.350 e. The fraction of sp³-hybridized carbons (Fsp3) is 0.375. The molecule has 2 amide bonds. The number of nitrogens with one attached hydrogen (secondary N) is 1. The van der Waals surface area contributed by atoms with Crippen LogP contribution in [-0.2, 0) is 31.1 Å². The number of oxime groups is 1. The van der Waals surface area contributed by atoms with E-state index in [-0.39, 0.29) is 39.8 Å². The lowest BCUT2D eigenvalue weighted by molar-refractivity contribution is -0.622. The Morgan fingerprint density at radius 3 is 2.64 bits per heavy atom. The third kappa shape index (κ3) is 5.68. The predicted molar refractivity (Wildman–Crippen MR) is 161 cm³/mol. The predicted octanol–water partition coefficient (Wildman–Crippen LogP) is -2.15. The van der Waals surface area contributed by atoms with Crippen LogP contribution in [0.25, 0.3) is 5.65 Å². The Hall–Kier alpha value is -4.63. The van der Waals surface area contributed by atoms with Crippen molar-refractivity contribution in [1.29, 1.82) is 0 Å². The number of carbonyl (C=O) groups is 4. The lowest BCUT2D eigenvalue weighted by Crippen LogP contribution is -2.71. The molecule has 8 N–H and O–H groups in total. The summed E-state index contributed by atoms with van der Waals surface area (Å²) >= 11 is 3.40. The number of thioether (sulfide) groups is 2. The van der Waals surface area contributed by atoms with Gasteiger partial charge < -0.3 is 42.4 Å². The molecule has 0 saturated carbocycles. The van der Waals surface area contributed by atoms with Crippen LogP contribution in [-0.4, -0.2) is 87.6 Å². The van der Waals surface area contributed by atoms with Gasteiger partial charge in [-0.15, -0.1) is 23.1 Å². The van der Waals surface area contributed by atoms with Gasteiger partial charge >= 0.3 is 11.1 Å². The number of aryl methyl sites for hydroxylation is 2. The van der Waals surface area contributed by atoms with E-state index in [0.29, 0.717) is 21.9 Å². The molecule has 2 aliphatic rings. The number of hydrogen-bond donors (Lipinski definition) is 5. The van der Waals surface area contributed by atoms with Crippen molar-refractivity contribution in [1.82, 2.24) is 29.9 Å². The highest BCUT2D eigenvalue weighted by Crippen LogP contribution is 2.41. The van der Waals surface area contributed by atoms with Crippen molar-refractivity contribution in [3.8, 4) is 0 Å². The van der Waals surface area contributed by atoms with E-state index in [1.54, 1.807) is 18.5 Å². The molecule has 0 aliphatic carbocycles. The highest BCUT2D eigenvalue weighted by Gasteiger charge is 2.53. The van der Waals surface area contributed by atoms with Gasteiger partial charge in [0.15, 0.2) is 10.8 Å². The number of thiazole rings is 1. The van der Waals surface area contributed by atoms with Gasteiger partial charge in [-0.3, -0.25) is 14.5 Å². The monoisotopic (exact) mass is 677 g/mol. The Morgan fingerprint density at radius 1 is 1.31 bits per heavy atom. The molecule has 0 aromatic carbocycles. The second-order valence-corrected chi connectivity index (χ2v) is 13.3. The first-order valence-corrected chi connectivity index (χ1v) is 15.9. The summed E-state index contributed by atoms with van der Waals surface area (Å²) < 4.78 is 3.16. The molecule has 45 heavy (non-hydrogen) atoms. The van der Waals surface area contributed by atoms with Gasteiger partial charge in [0.25, 0.3) is 23.4 Å². The molecule has 5 rings (SSSR count). The van der Waals surface area contributed by atoms with Crippen LogP contribution in [0.15, 0.2) is 27.0 Å². The summed E-state index contributed by atoms with van der Waals surface area (Å²) in [5.41, 5.74) is 16.9. The van der Waals surface area contributed by atoms with E-state index >= 15 is 0 Å². The van der Waals surface area contributed by atoms with Crippen molar-refractivity contribution in [3.63, 3.8) is 0 Å². The number of carboxylic acid groups (broad SMARTS) is 2. The standard InChI is InChI=1S/C24H27N11O7S3/c1-8-14(25)30-23(35-16(8)33(4)21(26)31-35)45-6-9-5-43-18-12(17(37)34(18)13(9)19(38)39)29-15(36)11(10-7-44-22(27)28-10)32-42-24(2,3)20(40)41/h7,12,18,25H,5-6H2,1-4H3,(H7,26,27,28,29,31,36,38,39,40,41)/b32-11-/t12?,18-/m0/s1. The minimum atomic E-state index is -1.79. The average Bonchev–Trinajstić information content (AvgIpc) is 3.54. The Kier molecular flexibility index (Phi) is 8.27. The van der Waals surface area contributed by atoms with Crippen molar-refractivity contribution in [2.24, 2.45) is 12.2 Å². The summed E-state index contributed by atoms with van der Waals surface area (Å²) in [6.45, 7) is 4.24. The summed E-state index contributed by atoms with van der Waals surface area (Å²) in [5.74, 6) is -3.72. The first kappa shape index (κ1) is 31.8. The van der Waals surface area contributed by atoms with Crippen molar-refractivity contribution in [2.75, 3.05) is 28.7 Å². The number of carbonyl (C=O) groups excluding carboxylic acids is 3. The highest BCUT2D eigenvalue weighted by atomic mass is 32.2. The Balaban J connectivity index is 1.36. The molecule has 1 saturated heterocycles. The highest BCUT2D eigenvalue weighted by molar-refractivity contribution is 8.01. The molecule has 2 aliphatic heterocycles. The van der Waals surface area contributed by atoms with Crippen molar-refractivity contribution >= 4 is 86.9 Å². The van der Waals surface area contributed by atoms with Crippen LogP contribution in [0, 0.1) is 6.92 Å². The maximum atomic E-state index is 13.3. The number of β-lactam (4-membered cyclic amide) rings is 1. The summed E-state index contributed by atoms with van der Waals surface area (Å²) in [7, 11) is 1.73. The van der Waals surface area contributed by atoms with Crippen molar-refractivity contribution < 1.29 is 38.7 Å². The summed E-state index contributed by atoms with van der Waals surface area (Å²) in [6, 6.07) is -1.13. The van der Waals surface area contributed by atoms with Crippen LogP contribution in [0.5, 0.6) is 0 Å². The van der Waals surface area contributed by atoms with Gasteiger partial charge in [-0.2, -0.15) is 0 Å². The van der Waals surface area contributed by atoms with Crippen LogP contribution in [0.2, 0.25) is 0 Å². The van der Waals surface area contributed by atoms with E-state index in [0.717, 1.165) is 28.0 Å². The number of aliphatic carboxylic acids is 2. The number of aromatic nitrogens is 5. The second kappa shape index (κ2) is 11.7. The number of fused-ring (bicyclic) bond motifs is 2. The zero-order valence-electron chi connectivity index (χ0n) is 24.1. The molecule has 1 fully saturated rings. The fourth-order valence-corrected chi connectivity index (χ4v) is 7.37. The van der Waals surface area contributed by atoms with Crippen molar-refractivity contribution in [2.45, 2.75) is 42.9 Å². The van der Waals surface area contributed by atoms with Gasteiger partial charge in [0.2, 0.25) is 11.4 Å². The Morgan fingerprint density at radius 2 is 2.02 bits per heavy atom. The van der Waals surface area contributed by atoms with E-state index in [2.05, 4.69) is 25.5 Å². The minimum absolute atomic E-state index is 0.00209. The van der Waals surface area contributed by atoms with Gasteiger partial charge in [0.1, 0.15) is 17.1 Å². The minimum Gasteiger partial charge on any atom is -0.543 e. The molecule has 3 aromatic heterocycles. The van der Waals surface area contributed by atoms with Crippen LogP contribution < -0.4 is 32.1 Å². The summed E-state index contributed by atoms with van der Waals surface area (Å²) in [4.78, 5) is 64.8. The van der Waals surface area contributed by atoms with E-state index in [1.807, 2.05) is 0 Å². The van der Waals surface area contributed by atoms with Gasteiger partial charge in [-0.25, -0.2) is 14.3 Å². The number of nitrogens with two attached hydrogens (primary N) is 3. The molecule has 5 heterocycles. The number of carboxylic acids is 2. The Bertz CT molecular complexity index is 1830. The van der Waals surface area contributed by atoms with Crippen LogP contribution >= 0.6 is 34.9 Å². The van der Waals surface area contributed by atoms with E-state index in [9.17, 15) is 29.4 Å². The molecule has 2 atom stereocenters. The van der Waals surface area contributed by atoms with Gasteiger partial charge in [-0.05, 0) is 43.2 Å². The molecule has 0 spiro atoms. The third-order valence-corrected chi connectivity index (χ3v) is 9.97. The normalized spacial score (nSPS) is 18.5. The average molecular weight is 678 g/mol. The number of rotatable bonds is 10. The first-order valence-electron chi connectivity index (χ1n) is 12.9. The molecule has 18 nitrogen and oxygen atoms in total. The van der Waals surface area contributed by atoms with Crippen LogP contribution in [0.3, 0.4) is 0 Å². The molecule has 0 radical (unpaired) electrons. The topological polar surface area (TPSA) is 274 Å². The second-order valence-electron chi connectivity index (χ2n) is 10.4. The van der Waals surface area contributed by atoms with E-state index in [1.165, 1.54) is 35.5 Å². The van der Waals surface area contributed by atoms with Gasteiger partial charge in [0, 0.05) is 16.9 Å². The van der Waals surface area contributed by atoms with E-state index < -0.39 is 46.5 Å². The third-order valence-electron chi connectivity index (χ3n) is 6.94. The molecular weight excluding hydrogens is 651 g/mol.